The molecule has 1 saturated heterocycles. The van der Waals surface area contributed by atoms with E-state index < -0.39 is 14.9 Å². The van der Waals surface area contributed by atoms with E-state index in [1.807, 2.05) is 0 Å². The number of nitro groups is 1. The number of ether oxygens (including phenoxy) is 3. The normalized spacial score (nSPS) is 16.6. The van der Waals surface area contributed by atoms with Gasteiger partial charge < -0.3 is 19.1 Å². The molecule has 2 aromatic carbocycles. The maximum Gasteiger partial charge on any atom is 0.310 e. The molecule has 2 heterocycles. The third-order valence-corrected chi connectivity index (χ3v) is 7.51. The molecule has 2 aliphatic heterocycles. The molecule has 2 aliphatic rings. The summed E-state index contributed by atoms with van der Waals surface area (Å²) in [6.07, 6.45) is 0.716. The lowest BCUT2D eigenvalue weighted by molar-refractivity contribution is -0.385. The number of aryl methyl sites for hydroxylation is 1. The zero-order valence-electron chi connectivity index (χ0n) is 18.6. The number of piperazine rings is 1. The second kappa shape index (κ2) is 9.85. The van der Waals surface area contributed by atoms with Crippen LogP contribution in [0.15, 0.2) is 41.3 Å². The lowest BCUT2D eigenvalue weighted by Gasteiger charge is -2.34. The number of fused-ring (bicyclic) bond motifs is 1. The van der Waals surface area contributed by atoms with Gasteiger partial charge in [-0.1, -0.05) is 6.07 Å². The predicted molar refractivity (Wildman–Crippen MR) is 121 cm³/mol. The van der Waals surface area contributed by atoms with E-state index in [0.717, 1.165) is 5.56 Å². The second-order valence-electron chi connectivity index (χ2n) is 7.96. The summed E-state index contributed by atoms with van der Waals surface area (Å²) >= 11 is 0. The Balaban J connectivity index is 1.37. The van der Waals surface area contributed by atoms with Gasteiger partial charge in [-0.15, -0.1) is 0 Å². The summed E-state index contributed by atoms with van der Waals surface area (Å²) in [5.41, 5.74) is 0.547. The number of amides is 1. The fourth-order valence-electron chi connectivity index (χ4n) is 3.75. The van der Waals surface area contributed by atoms with Crippen LogP contribution in [0.3, 0.4) is 0 Å². The molecule has 0 saturated carbocycles. The highest BCUT2D eigenvalue weighted by Crippen LogP contribution is 2.33. The van der Waals surface area contributed by atoms with Crippen LogP contribution in [0.25, 0.3) is 0 Å². The summed E-state index contributed by atoms with van der Waals surface area (Å²) in [6.45, 7) is 2.95. The van der Waals surface area contributed by atoms with Gasteiger partial charge in [-0.25, -0.2) is 8.42 Å². The molecule has 0 atom stereocenters. The second-order valence-corrected chi connectivity index (χ2v) is 9.90. The van der Waals surface area contributed by atoms with Crippen LogP contribution in [-0.2, 0) is 14.8 Å². The van der Waals surface area contributed by atoms with Crippen LogP contribution in [-0.4, -0.2) is 74.5 Å². The Kier molecular flexibility index (Phi) is 6.89. The first-order valence-electron chi connectivity index (χ1n) is 10.8. The summed E-state index contributed by atoms with van der Waals surface area (Å²) in [7, 11) is -3.78. The SMILES string of the molecule is Cc1ccc([N+](=O)[O-])c(OCC(=O)N2CCN(S(=O)(=O)c3ccc4c(c3)OCCCO4)CC2)c1. The molecule has 1 amide bonds. The molecule has 0 unspecified atom stereocenters. The summed E-state index contributed by atoms with van der Waals surface area (Å²) < 4.78 is 44.1. The van der Waals surface area contributed by atoms with Crippen LogP contribution in [0.1, 0.15) is 12.0 Å². The summed E-state index contributed by atoms with van der Waals surface area (Å²) in [6, 6.07) is 8.98. The molecular weight excluding hydrogens is 466 g/mol. The molecule has 0 N–H and O–H groups in total. The van der Waals surface area contributed by atoms with Crippen molar-refractivity contribution in [2.45, 2.75) is 18.2 Å². The zero-order valence-corrected chi connectivity index (χ0v) is 19.5. The monoisotopic (exact) mass is 491 g/mol. The van der Waals surface area contributed by atoms with Crippen LogP contribution >= 0.6 is 0 Å². The Morgan fingerprint density at radius 2 is 1.76 bits per heavy atom. The van der Waals surface area contributed by atoms with Gasteiger partial charge in [-0.2, -0.15) is 4.31 Å². The van der Waals surface area contributed by atoms with Gasteiger partial charge in [0.15, 0.2) is 23.9 Å². The quantitative estimate of drug-likeness (QED) is 0.443. The van der Waals surface area contributed by atoms with E-state index in [1.54, 1.807) is 19.1 Å². The lowest BCUT2D eigenvalue weighted by Crippen LogP contribution is -2.51. The minimum absolute atomic E-state index is 0.0222. The third-order valence-electron chi connectivity index (χ3n) is 5.61. The largest absolute Gasteiger partial charge is 0.490 e. The Labute approximate surface area is 197 Å². The van der Waals surface area contributed by atoms with Crippen molar-refractivity contribution in [3.05, 3.63) is 52.1 Å². The van der Waals surface area contributed by atoms with E-state index in [-0.39, 0.29) is 55.0 Å². The predicted octanol–water partition coefficient (Wildman–Crippen LogP) is 1.98. The summed E-state index contributed by atoms with van der Waals surface area (Å²) in [5.74, 6) is 0.563. The minimum atomic E-state index is -3.78. The van der Waals surface area contributed by atoms with Crippen molar-refractivity contribution >= 4 is 21.6 Å². The molecule has 0 radical (unpaired) electrons. The molecule has 0 bridgehead atoms. The van der Waals surface area contributed by atoms with E-state index in [9.17, 15) is 23.3 Å². The number of nitrogens with zero attached hydrogens (tertiary/aromatic N) is 3. The average Bonchev–Trinajstić information content (AvgIpc) is 3.07. The minimum Gasteiger partial charge on any atom is -0.490 e. The molecule has 0 aliphatic carbocycles. The number of hydrogen-bond donors (Lipinski definition) is 0. The van der Waals surface area contributed by atoms with Gasteiger partial charge >= 0.3 is 5.69 Å². The van der Waals surface area contributed by atoms with Gasteiger partial charge in [0.05, 0.1) is 23.0 Å². The van der Waals surface area contributed by atoms with Crippen LogP contribution in [0.4, 0.5) is 5.69 Å². The smallest absolute Gasteiger partial charge is 0.310 e. The Hall–Kier alpha value is -3.38. The fraction of sp³-hybridized carbons (Fsp3) is 0.409. The molecule has 2 aromatic rings. The molecular formula is C22H25N3O8S. The van der Waals surface area contributed by atoms with Crippen molar-refractivity contribution in [1.29, 1.82) is 0 Å². The molecule has 0 aromatic heterocycles. The highest BCUT2D eigenvalue weighted by atomic mass is 32.2. The molecule has 34 heavy (non-hydrogen) atoms. The van der Waals surface area contributed by atoms with Gasteiger partial charge in [0.1, 0.15) is 0 Å². The number of rotatable bonds is 6. The fourth-order valence-corrected chi connectivity index (χ4v) is 5.19. The van der Waals surface area contributed by atoms with Crippen LogP contribution < -0.4 is 14.2 Å². The van der Waals surface area contributed by atoms with E-state index in [4.69, 9.17) is 14.2 Å². The van der Waals surface area contributed by atoms with Crippen LogP contribution in [0, 0.1) is 17.0 Å². The Morgan fingerprint density at radius 3 is 2.47 bits per heavy atom. The molecule has 4 rings (SSSR count). The molecule has 182 valence electrons. The number of hydrogen-bond acceptors (Lipinski definition) is 8. The summed E-state index contributed by atoms with van der Waals surface area (Å²) in [4.78, 5) is 24.8. The highest BCUT2D eigenvalue weighted by Gasteiger charge is 2.31. The van der Waals surface area contributed by atoms with Crippen molar-refractivity contribution < 1.29 is 32.3 Å². The number of sulfonamides is 1. The number of benzene rings is 2. The van der Waals surface area contributed by atoms with Gasteiger partial charge in [-0.05, 0) is 30.7 Å². The van der Waals surface area contributed by atoms with E-state index in [1.165, 1.54) is 33.5 Å². The van der Waals surface area contributed by atoms with E-state index in [2.05, 4.69) is 0 Å². The van der Waals surface area contributed by atoms with Gasteiger partial charge in [0.2, 0.25) is 10.0 Å². The first kappa shape index (κ1) is 23.8. The van der Waals surface area contributed by atoms with Gasteiger partial charge in [0.25, 0.3) is 5.91 Å². The van der Waals surface area contributed by atoms with Crippen molar-refractivity contribution in [2.75, 3.05) is 46.0 Å². The highest BCUT2D eigenvalue weighted by molar-refractivity contribution is 7.89. The van der Waals surface area contributed by atoms with E-state index in [0.29, 0.717) is 31.1 Å². The maximum absolute atomic E-state index is 13.1. The Bertz CT molecular complexity index is 1190. The molecule has 0 spiro atoms. The van der Waals surface area contributed by atoms with Crippen LogP contribution in [0.5, 0.6) is 17.2 Å². The van der Waals surface area contributed by atoms with E-state index >= 15 is 0 Å². The number of carbonyl (C=O) groups excluding carboxylic acids is 1. The topological polar surface area (TPSA) is 129 Å². The molecule has 1 fully saturated rings. The van der Waals surface area contributed by atoms with Crippen LogP contribution in [0.2, 0.25) is 0 Å². The molecule has 11 nitrogen and oxygen atoms in total. The maximum atomic E-state index is 13.1. The van der Waals surface area contributed by atoms with Gasteiger partial charge in [-0.3, -0.25) is 14.9 Å². The van der Waals surface area contributed by atoms with Crippen molar-refractivity contribution in [1.82, 2.24) is 9.21 Å². The number of carbonyl (C=O) groups is 1. The average molecular weight is 492 g/mol. The van der Waals surface area contributed by atoms with Gasteiger partial charge in [0, 0.05) is 44.7 Å². The summed E-state index contributed by atoms with van der Waals surface area (Å²) in [5, 5.41) is 11.2. The first-order chi connectivity index (χ1) is 16.3. The number of nitro benzene ring substituents is 1. The first-order valence-corrected chi connectivity index (χ1v) is 12.2. The van der Waals surface area contributed by atoms with Crippen molar-refractivity contribution in [3.63, 3.8) is 0 Å². The molecule has 12 heteroatoms. The zero-order chi connectivity index (χ0) is 24.3. The lowest BCUT2D eigenvalue weighted by atomic mass is 10.2. The standard InChI is InChI=1S/C22H25N3O8S/c1-16-3-5-18(25(27)28)20(13-16)33-15-22(26)23-7-9-24(10-8-23)34(29,30)17-4-6-19-21(14-17)32-12-2-11-31-19/h3-6,13-14H,2,7-12,15H2,1H3. The third kappa shape index (κ3) is 5.07. The van der Waals surface area contributed by atoms with Crippen molar-refractivity contribution in [2.24, 2.45) is 0 Å². The van der Waals surface area contributed by atoms with Crippen molar-refractivity contribution in [3.8, 4) is 17.2 Å². The Morgan fingerprint density at radius 1 is 1.06 bits per heavy atom.